The van der Waals surface area contributed by atoms with Crippen molar-refractivity contribution in [3.8, 4) is 16.3 Å². The molecule has 2 heterocycles. The third-order valence-corrected chi connectivity index (χ3v) is 5.43. The summed E-state index contributed by atoms with van der Waals surface area (Å²) in [6.45, 7) is 1.97. The minimum atomic E-state index is -0.379. The van der Waals surface area contributed by atoms with Crippen LogP contribution >= 0.6 is 38.6 Å². The average molecular weight is 425 g/mol. The highest BCUT2D eigenvalue weighted by atomic mass is 79.9. The quantitative estimate of drug-likeness (QED) is 0.555. The zero-order valence-electron chi connectivity index (χ0n) is 12.9. The first-order chi connectivity index (χ1) is 11.6. The fraction of sp³-hybridized carbons (Fsp3) is 0.188. The van der Waals surface area contributed by atoms with Crippen molar-refractivity contribution in [1.82, 2.24) is 9.97 Å². The molecule has 0 amide bonds. The summed E-state index contributed by atoms with van der Waals surface area (Å²) in [4.78, 5) is 21.0. The molecule has 0 atom stereocenters. The van der Waals surface area contributed by atoms with Crippen LogP contribution < -0.4 is 4.74 Å². The first kappa shape index (κ1) is 17.1. The lowest BCUT2D eigenvalue weighted by Gasteiger charge is -2.06. The molecule has 2 aromatic heterocycles. The number of ether oxygens (including phenoxy) is 2. The highest BCUT2D eigenvalue weighted by molar-refractivity contribution is 9.10. The molecular formula is C16H13BrN2O3S2. The first-order valence-electron chi connectivity index (χ1n) is 6.94. The molecule has 1 aromatic carbocycles. The Kier molecular flexibility index (Phi) is 5.27. The van der Waals surface area contributed by atoms with E-state index >= 15 is 0 Å². The van der Waals surface area contributed by atoms with Gasteiger partial charge in [0, 0.05) is 9.85 Å². The van der Waals surface area contributed by atoms with E-state index in [-0.39, 0.29) is 12.6 Å². The molecule has 0 spiro atoms. The molecule has 0 aliphatic heterocycles. The van der Waals surface area contributed by atoms with Crippen LogP contribution in [0, 0.1) is 6.92 Å². The zero-order chi connectivity index (χ0) is 17.1. The predicted octanol–water partition coefficient (Wildman–Crippen LogP) is 4.70. The summed E-state index contributed by atoms with van der Waals surface area (Å²) in [7, 11) is 1.63. The van der Waals surface area contributed by atoms with Gasteiger partial charge in [-0.15, -0.1) is 22.7 Å². The molecule has 3 aromatic rings. The molecule has 0 unspecified atom stereocenters. The van der Waals surface area contributed by atoms with Crippen molar-refractivity contribution in [2.75, 3.05) is 7.11 Å². The Bertz CT molecular complexity index is 876. The molecule has 3 rings (SSSR count). The third-order valence-electron chi connectivity index (χ3n) is 3.12. The number of carbonyl (C=O) groups excluding carboxylic acids is 1. The van der Waals surface area contributed by atoms with Crippen molar-refractivity contribution >= 4 is 44.6 Å². The molecule has 0 saturated carbocycles. The largest absolute Gasteiger partial charge is 0.496 e. The van der Waals surface area contributed by atoms with Gasteiger partial charge in [0.2, 0.25) is 0 Å². The Morgan fingerprint density at radius 2 is 2.21 bits per heavy atom. The Labute approximate surface area is 155 Å². The SMILES string of the molecule is COc1ccc(Br)cc1-c1nc(COC(=O)c2cnc(C)s2)cs1. The summed E-state index contributed by atoms with van der Waals surface area (Å²) < 4.78 is 11.6. The Morgan fingerprint density at radius 3 is 2.92 bits per heavy atom. The van der Waals surface area contributed by atoms with Gasteiger partial charge in [-0.1, -0.05) is 15.9 Å². The Balaban J connectivity index is 1.72. The second kappa shape index (κ2) is 7.42. The average Bonchev–Trinajstić information content (AvgIpc) is 3.21. The molecule has 0 N–H and O–H groups in total. The van der Waals surface area contributed by atoms with E-state index in [2.05, 4.69) is 25.9 Å². The summed E-state index contributed by atoms with van der Waals surface area (Å²) >= 11 is 6.25. The van der Waals surface area contributed by atoms with E-state index in [1.165, 1.54) is 28.9 Å². The number of halogens is 1. The molecular weight excluding hydrogens is 412 g/mol. The summed E-state index contributed by atoms with van der Waals surface area (Å²) in [6.07, 6.45) is 1.53. The van der Waals surface area contributed by atoms with Crippen molar-refractivity contribution in [2.45, 2.75) is 13.5 Å². The van der Waals surface area contributed by atoms with E-state index in [1.807, 2.05) is 30.5 Å². The van der Waals surface area contributed by atoms with Gasteiger partial charge in [0.1, 0.15) is 22.2 Å². The standard InChI is InChI=1S/C16H13BrN2O3S2/c1-9-18-6-14(24-9)16(20)22-7-11-8-23-15(19-11)12-5-10(17)3-4-13(12)21-2/h3-6,8H,7H2,1-2H3. The molecule has 5 nitrogen and oxygen atoms in total. The number of rotatable bonds is 5. The number of thiazole rings is 2. The van der Waals surface area contributed by atoms with Crippen LogP contribution in [0.15, 0.2) is 34.2 Å². The number of nitrogens with zero attached hydrogens (tertiary/aromatic N) is 2. The van der Waals surface area contributed by atoms with Crippen LogP contribution in [0.1, 0.15) is 20.4 Å². The van der Waals surface area contributed by atoms with Crippen LogP contribution in [-0.4, -0.2) is 23.0 Å². The van der Waals surface area contributed by atoms with Crippen LogP contribution in [0.3, 0.4) is 0 Å². The van der Waals surface area contributed by atoms with Gasteiger partial charge in [0.05, 0.1) is 29.6 Å². The maximum absolute atomic E-state index is 12.0. The summed E-state index contributed by atoms with van der Waals surface area (Å²) in [5.74, 6) is 0.367. The lowest BCUT2D eigenvalue weighted by molar-refractivity contribution is 0.0474. The minimum Gasteiger partial charge on any atom is -0.496 e. The molecule has 8 heteroatoms. The van der Waals surface area contributed by atoms with Gasteiger partial charge in [-0.25, -0.2) is 14.8 Å². The highest BCUT2D eigenvalue weighted by Crippen LogP contribution is 2.34. The van der Waals surface area contributed by atoms with E-state index in [4.69, 9.17) is 9.47 Å². The van der Waals surface area contributed by atoms with Gasteiger partial charge >= 0.3 is 5.97 Å². The molecule has 124 valence electrons. The fourth-order valence-corrected chi connectivity index (χ4v) is 3.87. The number of methoxy groups -OCH3 is 1. The lowest BCUT2D eigenvalue weighted by atomic mass is 10.2. The van der Waals surface area contributed by atoms with Gasteiger partial charge in [-0.05, 0) is 25.1 Å². The van der Waals surface area contributed by atoms with Crippen molar-refractivity contribution in [2.24, 2.45) is 0 Å². The lowest BCUT2D eigenvalue weighted by Crippen LogP contribution is -2.03. The number of benzene rings is 1. The monoisotopic (exact) mass is 424 g/mol. The smallest absolute Gasteiger partial charge is 0.350 e. The Morgan fingerprint density at radius 1 is 1.38 bits per heavy atom. The maximum Gasteiger partial charge on any atom is 0.350 e. The van der Waals surface area contributed by atoms with Gasteiger partial charge in [0.15, 0.2) is 0 Å². The molecule has 0 aliphatic rings. The van der Waals surface area contributed by atoms with Gasteiger partial charge in [-0.3, -0.25) is 0 Å². The second-order valence-corrected chi connectivity index (χ2v) is 7.82. The minimum absolute atomic E-state index is 0.128. The van der Waals surface area contributed by atoms with E-state index in [1.54, 1.807) is 7.11 Å². The number of esters is 1. The number of carbonyl (C=O) groups is 1. The second-order valence-electron chi connectivity index (χ2n) is 4.81. The van der Waals surface area contributed by atoms with Gasteiger partial charge in [0.25, 0.3) is 0 Å². The normalized spacial score (nSPS) is 10.6. The van der Waals surface area contributed by atoms with E-state index in [0.29, 0.717) is 10.6 Å². The summed E-state index contributed by atoms with van der Waals surface area (Å²) in [5, 5.41) is 3.52. The number of aryl methyl sites for hydroxylation is 1. The van der Waals surface area contributed by atoms with Crippen LogP contribution in [-0.2, 0) is 11.3 Å². The molecule has 0 bridgehead atoms. The number of hydrogen-bond acceptors (Lipinski definition) is 7. The van der Waals surface area contributed by atoms with Gasteiger partial charge in [-0.2, -0.15) is 0 Å². The summed E-state index contributed by atoms with van der Waals surface area (Å²) in [5.41, 5.74) is 1.60. The van der Waals surface area contributed by atoms with Crippen LogP contribution in [0.2, 0.25) is 0 Å². The molecule has 0 fully saturated rings. The zero-order valence-corrected chi connectivity index (χ0v) is 16.1. The molecule has 0 radical (unpaired) electrons. The molecule has 0 saturated heterocycles. The predicted molar refractivity (Wildman–Crippen MR) is 97.8 cm³/mol. The van der Waals surface area contributed by atoms with E-state index < -0.39 is 0 Å². The van der Waals surface area contributed by atoms with Crippen molar-refractivity contribution in [3.05, 3.63) is 49.8 Å². The van der Waals surface area contributed by atoms with Crippen molar-refractivity contribution < 1.29 is 14.3 Å². The maximum atomic E-state index is 12.0. The Hall–Kier alpha value is -1.77. The van der Waals surface area contributed by atoms with Crippen molar-refractivity contribution in [1.29, 1.82) is 0 Å². The fourth-order valence-electron chi connectivity index (χ4n) is 2.01. The van der Waals surface area contributed by atoms with Crippen LogP contribution in [0.4, 0.5) is 0 Å². The molecule has 24 heavy (non-hydrogen) atoms. The number of hydrogen-bond donors (Lipinski definition) is 0. The molecule has 0 aliphatic carbocycles. The van der Waals surface area contributed by atoms with Crippen LogP contribution in [0.5, 0.6) is 5.75 Å². The van der Waals surface area contributed by atoms with Gasteiger partial charge < -0.3 is 9.47 Å². The van der Waals surface area contributed by atoms with E-state index in [9.17, 15) is 4.79 Å². The van der Waals surface area contributed by atoms with Crippen LogP contribution in [0.25, 0.3) is 10.6 Å². The first-order valence-corrected chi connectivity index (χ1v) is 9.43. The third kappa shape index (κ3) is 3.82. The highest BCUT2D eigenvalue weighted by Gasteiger charge is 2.14. The summed E-state index contributed by atoms with van der Waals surface area (Å²) in [6, 6.07) is 5.75. The van der Waals surface area contributed by atoms with E-state index in [0.717, 1.165) is 25.8 Å². The van der Waals surface area contributed by atoms with Crippen molar-refractivity contribution in [3.63, 3.8) is 0 Å². The topological polar surface area (TPSA) is 61.3 Å². The number of aromatic nitrogens is 2.